The number of nitrogens with zero attached hydrogens (tertiary/aromatic N) is 2. The van der Waals surface area contributed by atoms with Crippen molar-refractivity contribution in [1.82, 2.24) is 14.9 Å². The number of halogens is 2. The minimum absolute atomic E-state index is 0.254. The molecule has 7 heteroatoms. The van der Waals surface area contributed by atoms with Crippen molar-refractivity contribution in [2.45, 2.75) is 18.6 Å². The molecular formula is C12H15F2N3O2. The van der Waals surface area contributed by atoms with E-state index < -0.39 is 18.6 Å². The standard InChI is InChI=1S/C12H15F2N3O2/c1-17-5-4-15-12(17)10(9-3-2-6-19-9)16-7-8(18)11(13)14/h2-6,8,10-11,16,18H,7H2,1H3. The highest BCUT2D eigenvalue weighted by atomic mass is 19.3. The largest absolute Gasteiger partial charge is 0.467 e. The van der Waals surface area contributed by atoms with Crippen LogP contribution in [0.2, 0.25) is 0 Å². The van der Waals surface area contributed by atoms with E-state index in [9.17, 15) is 8.78 Å². The first kappa shape index (κ1) is 13.7. The number of hydrogen-bond donors (Lipinski definition) is 2. The second-order valence-corrected chi connectivity index (χ2v) is 4.15. The normalized spacial score (nSPS) is 14.8. The fourth-order valence-electron chi connectivity index (χ4n) is 1.76. The van der Waals surface area contributed by atoms with E-state index in [0.717, 1.165) is 0 Å². The summed E-state index contributed by atoms with van der Waals surface area (Å²) in [5.41, 5.74) is 0. The van der Waals surface area contributed by atoms with Gasteiger partial charge in [0.25, 0.3) is 6.43 Å². The number of rotatable bonds is 6. The molecule has 2 rings (SSSR count). The van der Waals surface area contributed by atoms with Crippen LogP contribution in [0, 0.1) is 0 Å². The third kappa shape index (κ3) is 3.18. The Bertz CT molecular complexity index is 499. The lowest BCUT2D eigenvalue weighted by Crippen LogP contribution is -2.35. The van der Waals surface area contributed by atoms with Gasteiger partial charge in [-0.3, -0.25) is 5.32 Å². The molecule has 0 saturated heterocycles. The average Bonchev–Trinajstić information content (AvgIpc) is 3.02. The lowest BCUT2D eigenvalue weighted by Gasteiger charge is -2.18. The van der Waals surface area contributed by atoms with Gasteiger partial charge in [-0.15, -0.1) is 0 Å². The van der Waals surface area contributed by atoms with Crippen LogP contribution in [0.1, 0.15) is 17.6 Å². The molecule has 0 aromatic carbocycles. The van der Waals surface area contributed by atoms with Crippen LogP contribution < -0.4 is 5.32 Å². The van der Waals surface area contributed by atoms with Crippen LogP contribution in [0.5, 0.6) is 0 Å². The predicted molar refractivity (Wildman–Crippen MR) is 63.8 cm³/mol. The lowest BCUT2D eigenvalue weighted by molar-refractivity contribution is -0.00451. The van der Waals surface area contributed by atoms with Crippen LogP contribution in [0.15, 0.2) is 35.2 Å². The molecule has 2 aromatic rings. The van der Waals surface area contributed by atoms with Crippen molar-refractivity contribution >= 4 is 0 Å². The molecule has 2 unspecified atom stereocenters. The summed E-state index contributed by atoms with van der Waals surface area (Å²) in [4.78, 5) is 4.17. The van der Waals surface area contributed by atoms with Gasteiger partial charge in [-0.1, -0.05) is 0 Å². The quantitative estimate of drug-likeness (QED) is 0.831. The molecule has 0 aliphatic heterocycles. The molecule has 0 aliphatic rings. The number of aliphatic hydroxyl groups excluding tert-OH is 1. The van der Waals surface area contributed by atoms with Crippen LogP contribution in [0.3, 0.4) is 0 Å². The van der Waals surface area contributed by atoms with Gasteiger partial charge < -0.3 is 14.1 Å². The second kappa shape index (κ2) is 5.94. The van der Waals surface area contributed by atoms with E-state index >= 15 is 0 Å². The van der Waals surface area contributed by atoms with Gasteiger partial charge >= 0.3 is 0 Å². The number of aliphatic hydroxyl groups is 1. The number of aromatic nitrogens is 2. The van der Waals surface area contributed by atoms with Crippen LogP contribution in [0.4, 0.5) is 8.78 Å². The first-order valence-corrected chi connectivity index (χ1v) is 5.80. The van der Waals surface area contributed by atoms with Crippen LogP contribution in [-0.2, 0) is 7.05 Å². The van der Waals surface area contributed by atoms with E-state index in [1.165, 1.54) is 6.26 Å². The molecule has 0 fully saturated rings. The molecule has 5 nitrogen and oxygen atoms in total. The Morgan fingerprint density at radius 2 is 2.32 bits per heavy atom. The van der Waals surface area contributed by atoms with Gasteiger partial charge in [0.05, 0.1) is 6.26 Å². The lowest BCUT2D eigenvalue weighted by atomic mass is 10.2. The Hall–Kier alpha value is -1.73. The molecular weight excluding hydrogens is 256 g/mol. The topological polar surface area (TPSA) is 63.2 Å². The summed E-state index contributed by atoms with van der Waals surface area (Å²) in [7, 11) is 1.80. The molecule has 0 amide bonds. The fraction of sp³-hybridized carbons (Fsp3) is 0.417. The molecule has 0 radical (unpaired) electrons. The van der Waals surface area contributed by atoms with Gasteiger partial charge in [-0.05, 0) is 12.1 Å². The molecule has 0 spiro atoms. The maximum atomic E-state index is 12.3. The van der Waals surface area contributed by atoms with Crippen molar-refractivity contribution < 1.29 is 18.3 Å². The molecule has 104 valence electrons. The molecule has 0 saturated carbocycles. The Labute approximate surface area is 108 Å². The van der Waals surface area contributed by atoms with E-state index in [4.69, 9.17) is 9.52 Å². The van der Waals surface area contributed by atoms with Gasteiger partial charge in [0.15, 0.2) is 0 Å². The fourth-order valence-corrected chi connectivity index (χ4v) is 1.76. The summed E-state index contributed by atoms with van der Waals surface area (Å²) < 4.78 is 31.7. The Morgan fingerprint density at radius 1 is 1.53 bits per heavy atom. The number of nitrogens with one attached hydrogen (secondary N) is 1. The van der Waals surface area contributed by atoms with Crippen LogP contribution >= 0.6 is 0 Å². The highest BCUT2D eigenvalue weighted by Crippen LogP contribution is 2.20. The zero-order valence-corrected chi connectivity index (χ0v) is 10.3. The second-order valence-electron chi connectivity index (χ2n) is 4.15. The van der Waals surface area contributed by atoms with Gasteiger partial charge in [0.2, 0.25) is 0 Å². The van der Waals surface area contributed by atoms with Crippen molar-refractivity contribution in [2.75, 3.05) is 6.54 Å². The van der Waals surface area contributed by atoms with Crippen molar-refractivity contribution in [3.63, 3.8) is 0 Å². The van der Waals surface area contributed by atoms with Crippen molar-refractivity contribution in [3.8, 4) is 0 Å². The minimum Gasteiger partial charge on any atom is -0.467 e. The number of aryl methyl sites for hydroxylation is 1. The summed E-state index contributed by atoms with van der Waals surface area (Å²) in [6.45, 7) is -0.254. The highest BCUT2D eigenvalue weighted by molar-refractivity contribution is 5.15. The van der Waals surface area contributed by atoms with Crippen molar-refractivity contribution in [1.29, 1.82) is 0 Å². The highest BCUT2D eigenvalue weighted by Gasteiger charge is 2.24. The van der Waals surface area contributed by atoms with Gasteiger partial charge in [-0.25, -0.2) is 13.8 Å². The first-order chi connectivity index (χ1) is 9.09. The SMILES string of the molecule is Cn1ccnc1C(NCC(O)C(F)F)c1ccco1. The monoisotopic (exact) mass is 271 g/mol. The molecule has 19 heavy (non-hydrogen) atoms. The number of alkyl halides is 2. The van der Waals surface area contributed by atoms with Gasteiger partial charge in [0.1, 0.15) is 23.7 Å². The van der Waals surface area contributed by atoms with E-state index in [-0.39, 0.29) is 6.54 Å². The van der Waals surface area contributed by atoms with E-state index in [1.54, 1.807) is 36.1 Å². The van der Waals surface area contributed by atoms with E-state index in [2.05, 4.69) is 10.3 Å². The Balaban J connectivity index is 2.15. The molecule has 0 aliphatic carbocycles. The zero-order chi connectivity index (χ0) is 13.8. The summed E-state index contributed by atoms with van der Waals surface area (Å²) in [5, 5.41) is 12.0. The molecule has 2 N–H and O–H groups in total. The maximum Gasteiger partial charge on any atom is 0.265 e. The number of furan rings is 1. The maximum absolute atomic E-state index is 12.3. The summed E-state index contributed by atoms with van der Waals surface area (Å²) >= 11 is 0. The Morgan fingerprint density at radius 3 is 2.84 bits per heavy atom. The van der Waals surface area contributed by atoms with Gasteiger partial charge in [-0.2, -0.15) is 0 Å². The minimum atomic E-state index is -2.79. The van der Waals surface area contributed by atoms with Crippen LogP contribution in [-0.4, -0.2) is 33.7 Å². The average molecular weight is 271 g/mol. The number of imidazole rings is 1. The van der Waals surface area contributed by atoms with Crippen molar-refractivity contribution in [2.24, 2.45) is 7.05 Å². The molecule has 2 atom stereocenters. The smallest absolute Gasteiger partial charge is 0.265 e. The van der Waals surface area contributed by atoms with Gasteiger partial charge in [0, 0.05) is 26.0 Å². The van der Waals surface area contributed by atoms with Crippen molar-refractivity contribution in [3.05, 3.63) is 42.4 Å². The summed E-state index contributed by atoms with van der Waals surface area (Å²) in [6.07, 6.45) is 0.340. The third-order valence-corrected chi connectivity index (χ3v) is 2.77. The molecule has 0 bridgehead atoms. The van der Waals surface area contributed by atoms with Crippen LogP contribution in [0.25, 0.3) is 0 Å². The predicted octanol–water partition coefficient (Wildman–Crippen LogP) is 1.32. The first-order valence-electron chi connectivity index (χ1n) is 5.80. The third-order valence-electron chi connectivity index (χ3n) is 2.77. The Kier molecular flexibility index (Phi) is 4.28. The summed E-state index contributed by atoms with van der Waals surface area (Å²) in [5.74, 6) is 1.17. The van der Waals surface area contributed by atoms with E-state index in [1.807, 2.05) is 0 Å². The molecule has 2 heterocycles. The zero-order valence-electron chi connectivity index (χ0n) is 10.3. The number of hydrogen-bond acceptors (Lipinski definition) is 4. The van der Waals surface area contributed by atoms with E-state index in [0.29, 0.717) is 11.6 Å². The summed E-state index contributed by atoms with van der Waals surface area (Å²) in [6, 6.07) is 2.95. The molecule has 2 aromatic heterocycles.